The Labute approximate surface area is 114 Å². The van der Waals surface area contributed by atoms with Crippen molar-refractivity contribution in [1.82, 2.24) is 14.5 Å². The van der Waals surface area contributed by atoms with E-state index in [0.717, 1.165) is 17.7 Å². The molecule has 102 valence electrons. The average Bonchev–Trinajstić information content (AvgIpc) is 3.06. The molecule has 0 bridgehead atoms. The molecule has 0 aliphatic rings. The summed E-state index contributed by atoms with van der Waals surface area (Å²) in [6.07, 6.45) is 4.18. The topological polar surface area (TPSA) is 81.2 Å². The van der Waals surface area contributed by atoms with Crippen molar-refractivity contribution in [3.8, 4) is 0 Å². The van der Waals surface area contributed by atoms with Gasteiger partial charge in [-0.2, -0.15) is 0 Å². The SMILES string of the molecule is CCc1cnc(Cn2cnc3cc(C(=O)O)ccc32)o1. The van der Waals surface area contributed by atoms with Gasteiger partial charge in [0.05, 0.1) is 29.1 Å². The van der Waals surface area contributed by atoms with E-state index in [9.17, 15) is 4.79 Å². The number of aromatic carboxylic acids is 1. The summed E-state index contributed by atoms with van der Waals surface area (Å²) in [6, 6.07) is 4.87. The van der Waals surface area contributed by atoms with E-state index in [1.165, 1.54) is 0 Å². The van der Waals surface area contributed by atoms with Gasteiger partial charge in [-0.05, 0) is 18.2 Å². The van der Waals surface area contributed by atoms with Crippen LogP contribution in [0.2, 0.25) is 0 Å². The van der Waals surface area contributed by atoms with Crippen LogP contribution < -0.4 is 0 Å². The van der Waals surface area contributed by atoms with Crippen molar-refractivity contribution in [2.75, 3.05) is 0 Å². The fourth-order valence-electron chi connectivity index (χ4n) is 2.05. The van der Waals surface area contributed by atoms with Crippen molar-refractivity contribution in [1.29, 1.82) is 0 Å². The van der Waals surface area contributed by atoms with Crippen molar-refractivity contribution in [2.45, 2.75) is 19.9 Å². The molecule has 0 radical (unpaired) electrons. The Hall–Kier alpha value is -2.63. The molecule has 6 nitrogen and oxygen atoms in total. The predicted molar refractivity (Wildman–Crippen MR) is 71.7 cm³/mol. The van der Waals surface area contributed by atoms with Gasteiger partial charge in [0.15, 0.2) is 0 Å². The molecule has 0 spiro atoms. The molecule has 0 atom stereocenters. The molecule has 2 aromatic heterocycles. The van der Waals surface area contributed by atoms with E-state index < -0.39 is 5.97 Å². The fraction of sp³-hybridized carbons (Fsp3) is 0.214. The number of carboxylic acid groups (broad SMARTS) is 1. The average molecular weight is 271 g/mol. The summed E-state index contributed by atoms with van der Waals surface area (Å²) in [5, 5.41) is 8.96. The largest absolute Gasteiger partial charge is 0.478 e. The van der Waals surface area contributed by atoms with Crippen LogP contribution in [0.5, 0.6) is 0 Å². The monoisotopic (exact) mass is 271 g/mol. The minimum Gasteiger partial charge on any atom is -0.478 e. The Balaban J connectivity index is 1.94. The normalized spacial score (nSPS) is 11.1. The first-order chi connectivity index (χ1) is 9.67. The van der Waals surface area contributed by atoms with Crippen LogP contribution in [0.25, 0.3) is 11.0 Å². The van der Waals surface area contributed by atoms with Crippen LogP contribution in [-0.2, 0) is 13.0 Å². The van der Waals surface area contributed by atoms with Gasteiger partial charge in [0.25, 0.3) is 0 Å². The predicted octanol–water partition coefficient (Wildman–Crippen LogP) is 2.33. The summed E-state index contributed by atoms with van der Waals surface area (Å²) in [7, 11) is 0. The maximum Gasteiger partial charge on any atom is 0.335 e. The van der Waals surface area contributed by atoms with Crippen molar-refractivity contribution in [3.05, 3.63) is 47.9 Å². The maximum atomic E-state index is 10.9. The number of carbonyl (C=O) groups is 1. The number of carboxylic acids is 1. The lowest BCUT2D eigenvalue weighted by Gasteiger charge is -2.01. The number of imidazole rings is 1. The van der Waals surface area contributed by atoms with Gasteiger partial charge in [-0.15, -0.1) is 0 Å². The highest BCUT2D eigenvalue weighted by Crippen LogP contribution is 2.17. The second-order valence-corrected chi connectivity index (χ2v) is 4.45. The van der Waals surface area contributed by atoms with Crippen LogP contribution in [0.3, 0.4) is 0 Å². The minimum atomic E-state index is -0.957. The quantitative estimate of drug-likeness (QED) is 0.787. The van der Waals surface area contributed by atoms with Gasteiger partial charge in [0, 0.05) is 6.42 Å². The molecule has 3 aromatic rings. The van der Waals surface area contributed by atoms with Crippen LogP contribution in [0.4, 0.5) is 0 Å². The molecular formula is C14H13N3O3. The maximum absolute atomic E-state index is 10.9. The molecule has 0 saturated carbocycles. The van der Waals surface area contributed by atoms with Crippen LogP contribution in [0.1, 0.15) is 28.9 Å². The van der Waals surface area contributed by atoms with Crippen molar-refractivity contribution in [2.24, 2.45) is 0 Å². The molecule has 3 rings (SSSR count). The first kappa shape index (κ1) is 12.4. The van der Waals surface area contributed by atoms with E-state index in [0.29, 0.717) is 18.0 Å². The van der Waals surface area contributed by atoms with Gasteiger partial charge in [0.2, 0.25) is 5.89 Å². The van der Waals surface area contributed by atoms with Gasteiger partial charge in [-0.1, -0.05) is 6.92 Å². The summed E-state index contributed by atoms with van der Waals surface area (Å²) < 4.78 is 7.44. The summed E-state index contributed by atoms with van der Waals surface area (Å²) >= 11 is 0. The lowest BCUT2D eigenvalue weighted by atomic mass is 10.2. The molecule has 20 heavy (non-hydrogen) atoms. The number of hydrogen-bond acceptors (Lipinski definition) is 4. The Morgan fingerprint density at radius 1 is 1.40 bits per heavy atom. The molecule has 6 heteroatoms. The van der Waals surface area contributed by atoms with Gasteiger partial charge >= 0.3 is 5.97 Å². The number of nitrogens with zero attached hydrogens (tertiary/aromatic N) is 3. The second kappa shape index (κ2) is 4.80. The number of fused-ring (bicyclic) bond motifs is 1. The number of rotatable bonds is 4. The summed E-state index contributed by atoms with van der Waals surface area (Å²) in [5.74, 6) is 0.503. The van der Waals surface area contributed by atoms with Gasteiger partial charge in [0.1, 0.15) is 12.3 Å². The van der Waals surface area contributed by atoms with Crippen LogP contribution >= 0.6 is 0 Å². The van der Waals surface area contributed by atoms with E-state index in [1.807, 2.05) is 11.5 Å². The van der Waals surface area contributed by atoms with E-state index in [4.69, 9.17) is 9.52 Å². The van der Waals surface area contributed by atoms with E-state index in [2.05, 4.69) is 9.97 Å². The highest BCUT2D eigenvalue weighted by molar-refractivity contribution is 5.92. The fourth-order valence-corrected chi connectivity index (χ4v) is 2.05. The molecule has 0 unspecified atom stereocenters. The molecule has 1 N–H and O–H groups in total. The van der Waals surface area contributed by atoms with Crippen LogP contribution in [0.15, 0.2) is 35.1 Å². The number of aryl methyl sites for hydroxylation is 1. The van der Waals surface area contributed by atoms with E-state index in [-0.39, 0.29) is 5.56 Å². The molecule has 0 fully saturated rings. The van der Waals surface area contributed by atoms with Crippen LogP contribution in [0, 0.1) is 0 Å². The number of oxazole rings is 1. The smallest absolute Gasteiger partial charge is 0.335 e. The zero-order valence-corrected chi connectivity index (χ0v) is 10.9. The Bertz CT molecular complexity index is 773. The zero-order valence-electron chi connectivity index (χ0n) is 10.9. The third-order valence-corrected chi connectivity index (χ3v) is 3.12. The van der Waals surface area contributed by atoms with Crippen molar-refractivity contribution in [3.63, 3.8) is 0 Å². The summed E-state index contributed by atoms with van der Waals surface area (Å²) in [4.78, 5) is 19.3. The molecule has 0 aliphatic carbocycles. The summed E-state index contributed by atoms with van der Waals surface area (Å²) in [6.45, 7) is 2.48. The minimum absolute atomic E-state index is 0.229. The molecule has 0 aliphatic heterocycles. The highest BCUT2D eigenvalue weighted by atomic mass is 16.4. The number of benzene rings is 1. The second-order valence-electron chi connectivity index (χ2n) is 4.45. The van der Waals surface area contributed by atoms with Crippen molar-refractivity contribution >= 4 is 17.0 Å². The Kier molecular flexibility index (Phi) is 2.98. The summed E-state index contributed by atoms with van der Waals surface area (Å²) in [5.41, 5.74) is 1.73. The van der Waals surface area contributed by atoms with Crippen molar-refractivity contribution < 1.29 is 14.3 Å². The highest BCUT2D eigenvalue weighted by Gasteiger charge is 2.10. The zero-order chi connectivity index (χ0) is 14.1. The molecule has 2 heterocycles. The number of hydrogen-bond donors (Lipinski definition) is 1. The first-order valence-corrected chi connectivity index (χ1v) is 6.29. The van der Waals surface area contributed by atoms with Gasteiger partial charge in [-0.25, -0.2) is 14.8 Å². The van der Waals surface area contributed by atoms with Gasteiger partial charge in [-0.3, -0.25) is 0 Å². The standard InChI is InChI=1S/C14H13N3O3/c1-2-10-6-15-13(20-10)7-17-8-16-11-5-9(14(18)19)3-4-12(11)17/h3-6,8H,2,7H2,1H3,(H,18,19). The third-order valence-electron chi connectivity index (χ3n) is 3.12. The lowest BCUT2D eigenvalue weighted by Crippen LogP contribution is -1.99. The molecule has 0 amide bonds. The molecule has 1 aromatic carbocycles. The molecular weight excluding hydrogens is 258 g/mol. The third kappa shape index (κ3) is 2.16. The van der Waals surface area contributed by atoms with E-state index in [1.54, 1.807) is 30.7 Å². The number of aromatic nitrogens is 3. The Morgan fingerprint density at radius 3 is 2.95 bits per heavy atom. The van der Waals surface area contributed by atoms with E-state index >= 15 is 0 Å². The van der Waals surface area contributed by atoms with Crippen LogP contribution in [-0.4, -0.2) is 25.6 Å². The van der Waals surface area contributed by atoms with Gasteiger partial charge < -0.3 is 14.1 Å². The molecule has 0 saturated heterocycles. The Morgan fingerprint density at radius 2 is 2.25 bits per heavy atom. The first-order valence-electron chi connectivity index (χ1n) is 6.29. The lowest BCUT2D eigenvalue weighted by molar-refractivity contribution is 0.0697.